The summed E-state index contributed by atoms with van der Waals surface area (Å²) in [6, 6.07) is 12.3. The van der Waals surface area contributed by atoms with Gasteiger partial charge >= 0.3 is 5.97 Å². The van der Waals surface area contributed by atoms with E-state index in [1.54, 1.807) is 24.2 Å². The summed E-state index contributed by atoms with van der Waals surface area (Å²) < 4.78 is 29.7. The van der Waals surface area contributed by atoms with Gasteiger partial charge in [0, 0.05) is 48.8 Å². The fourth-order valence-electron chi connectivity index (χ4n) is 4.59. The minimum Gasteiger partial charge on any atom is -0.481 e. The van der Waals surface area contributed by atoms with E-state index >= 15 is 0 Å². The van der Waals surface area contributed by atoms with E-state index in [4.69, 9.17) is 9.84 Å². The minimum absolute atomic E-state index is 0.0431. The molecule has 1 amide bonds. The number of benzene rings is 1. The van der Waals surface area contributed by atoms with Crippen LogP contribution in [0.2, 0.25) is 0 Å². The highest BCUT2D eigenvalue weighted by Crippen LogP contribution is 2.41. The first-order valence-corrected chi connectivity index (χ1v) is 13.9. The second-order valence-electron chi connectivity index (χ2n) is 9.37. The third-order valence-corrected chi connectivity index (χ3v) is 7.65. The Hall–Kier alpha value is -4.25. The molecular weight excluding hydrogens is 508 g/mol. The van der Waals surface area contributed by atoms with E-state index in [1.165, 1.54) is 12.3 Å². The van der Waals surface area contributed by atoms with E-state index in [2.05, 4.69) is 15.0 Å². The Kier molecular flexibility index (Phi) is 6.62. The Morgan fingerprint density at radius 3 is 2.58 bits per heavy atom. The number of hydrogen-bond donors (Lipinski definition) is 2. The number of aliphatic carboxylic acids is 1. The van der Waals surface area contributed by atoms with Crippen molar-refractivity contribution in [1.29, 1.82) is 0 Å². The van der Waals surface area contributed by atoms with Crippen molar-refractivity contribution in [2.24, 2.45) is 0 Å². The van der Waals surface area contributed by atoms with Gasteiger partial charge in [-0.1, -0.05) is 6.07 Å². The highest BCUT2D eigenvalue weighted by Gasteiger charge is 2.31. The lowest BCUT2D eigenvalue weighted by molar-refractivity contribution is -0.137. The van der Waals surface area contributed by atoms with Gasteiger partial charge in [0.15, 0.2) is 14.9 Å². The van der Waals surface area contributed by atoms with Crippen molar-refractivity contribution in [1.82, 2.24) is 19.9 Å². The van der Waals surface area contributed by atoms with Gasteiger partial charge in [-0.25, -0.2) is 13.4 Å². The predicted octanol–water partition coefficient (Wildman–Crippen LogP) is 4.13. The van der Waals surface area contributed by atoms with Crippen LogP contribution in [-0.2, 0) is 25.8 Å². The number of sulfone groups is 1. The zero-order valence-electron chi connectivity index (χ0n) is 20.8. The molecule has 11 heteroatoms. The smallest absolute Gasteiger partial charge is 0.303 e. The van der Waals surface area contributed by atoms with Crippen LogP contribution in [0.25, 0.3) is 22.3 Å². The number of pyridine rings is 2. The number of H-pyrrole nitrogens is 1. The molecule has 2 N–H and O–H groups in total. The number of nitrogens with zero attached hydrogens (tertiary/aromatic N) is 3. The summed E-state index contributed by atoms with van der Waals surface area (Å²) in [7, 11) is -1.67. The Balaban J connectivity index is 1.51. The molecular formula is C27H26N4O6S. The normalized spacial score (nSPS) is 15.8. The molecule has 0 saturated carbocycles. The van der Waals surface area contributed by atoms with E-state index in [9.17, 15) is 18.0 Å². The first-order valence-electron chi connectivity index (χ1n) is 12.0. The molecule has 5 rings (SSSR count). The molecule has 196 valence electrons. The number of carboxylic acids is 1. The molecule has 0 bridgehead atoms. The van der Waals surface area contributed by atoms with Gasteiger partial charge in [0.2, 0.25) is 5.91 Å². The number of carbonyl (C=O) groups excluding carboxylic acids is 1. The van der Waals surface area contributed by atoms with Crippen molar-refractivity contribution in [3.05, 3.63) is 66.0 Å². The molecule has 0 spiro atoms. The van der Waals surface area contributed by atoms with Gasteiger partial charge in [0.25, 0.3) is 0 Å². The lowest BCUT2D eigenvalue weighted by atomic mass is 10.0. The number of carboxylic acid groups (broad SMARTS) is 1. The maximum Gasteiger partial charge on any atom is 0.303 e. The number of fused-ring (bicyclic) bond motifs is 1. The van der Waals surface area contributed by atoms with Crippen LogP contribution in [0, 0.1) is 0 Å². The summed E-state index contributed by atoms with van der Waals surface area (Å²) in [6.07, 6.45) is 5.68. The number of rotatable bonds is 8. The lowest BCUT2D eigenvalue weighted by Crippen LogP contribution is -2.22. The highest BCUT2D eigenvalue weighted by molar-refractivity contribution is 7.90. The van der Waals surface area contributed by atoms with E-state index in [0.717, 1.165) is 34.0 Å². The number of carbonyl (C=O) groups is 2. The van der Waals surface area contributed by atoms with Gasteiger partial charge in [-0.05, 0) is 54.8 Å². The average Bonchev–Trinajstić information content (AvgIpc) is 3.44. The largest absolute Gasteiger partial charge is 0.481 e. The molecule has 1 aliphatic heterocycles. The van der Waals surface area contributed by atoms with Gasteiger partial charge < -0.3 is 19.7 Å². The standard InChI is InChI=1S/C27H26N4O6S/c1-31-23(7-9-26(31)32)19-13-21-17(12-24(19)37-18-5-8-25(29-15-18)38(2,35)36)11-22(30-21)20-6-3-16(14-28-20)4-10-27(33)34/h3,5-6,8,11-15,23,30H,4,7,9-10H2,1-2H3,(H,33,34). The summed E-state index contributed by atoms with van der Waals surface area (Å²) in [4.78, 5) is 36.7. The molecule has 1 aliphatic rings. The molecule has 1 atom stereocenters. The maximum atomic E-state index is 12.3. The first-order chi connectivity index (χ1) is 18.1. The van der Waals surface area contributed by atoms with Crippen molar-refractivity contribution >= 4 is 32.6 Å². The van der Waals surface area contributed by atoms with Gasteiger partial charge in [-0.2, -0.15) is 0 Å². The van der Waals surface area contributed by atoms with Crippen LogP contribution in [0.15, 0.2) is 59.9 Å². The van der Waals surface area contributed by atoms with Crippen LogP contribution in [0.5, 0.6) is 11.5 Å². The van der Waals surface area contributed by atoms with E-state index in [1.807, 2.05) is 30.3 Å². The van der Waals surface area contributed by atoms with Gasteiger partial charge in [-0.15, -0.1) is 0 Å². The Morgan fingerprint density at radius 2 is 1.97 bits per heavy atom. The first kappa shape index (κ1) is 25.4. The maximum absolute atomic E-state index is 12.3. The van der Waals surface area contributed by atoms with E-state index < -0.39 is 15.8 Å². The van der Waals surface area contributed by atoms with Crippen molar-refractivity contribution in [2.75, 3.05) is 13.3 Å². The highest BCUT2D eigenvalue weighted by atomic mass is 32.2. The van der Waals surface area contributed by atoms with E-state index in [0.29, 0.717) is 36.5 Å². The number of aromatic amines is 1. The Labute approximate surface area is 219 Å². The van der Waals surface area contributed by atoms with Crippen LogP contribution < -0.4 is 4.74 Å². The number of aromatic nitrogens is 3. The van der Waals surface area contributed by atoms with Crippen LogP contribution in [-0.4, -0.2) is 58.6 Å². The van der Waals surface area contributed by atoms with Crippen LogP contribution >= 0.6 is 0 Å². The molecule has 10 nitrogen and oxygen atoms in total. The number of aryl methyl sites for hydroxylation is 1. The molecule has 1 saturated heterocycles. The van der Waals surface area contributed by atoms with E-state index in [-0.39, 0.29) is 23.4 Å². The van der Waals surface area contributed by atoms with Gasteiger partial charge in [0.05, 0.1) is 23.6 Å². The number of nitrogens with one attached hydrogen (secondary N) is 1. The molecule has 1 unspecified atom stereocenters. The number of ether oxygens (including phenoxy) is 1. The van der Waals surface area contributed by atoms with Gasteiger partial charge in [-0.3, -0.25) is 14.6 Å². The topological polar surface area (TPSA) is 143 Å². The third-order valence-electron chi connectivity index (χ3n) is 6.65. The number of hydrogen-bond acceptors (Lipinski definition) is 7. The molecule has 38 heavy (non-hydrogen) atoms. The second-order valence-corrected chi connectivity index (χ2v) is 11.3. The molecule has 3 aromatic heterocycles. The summed E-state index contributed by atoms with van der Waals surface area (Å²) >= 11 is 0. The molecule has 4 aromatic rings. The Bertz CT molecular complexity index is 1630. The average molecular weight is 535 g/mol. The lowest BCUT2D eigenvalue weighted by Gasteiger charge is -2.23. The van der Waals surface area contributed by atoms with Crippen molar-refractivity contribution < 1.29 is 27.9 Å². The summed E-state index contributed by atoms with van der Waals surface area (Å²) in [5, 5.41) is 9.72. The Morgan fingerprint density at radius 1 is 1.16 bits per heavy atom. The van der Waals surface area contributed by atoms with Gasteiger partial charge in [0.1, 0.15) is 11.5 Å². The predicted molar refractivity (Wildman–Crippen MR) is 140 cm³/mol. The summed E-state index contributed by atoms with van der Waals surface area (Å²) in [5.41, 5.74) is 4.00. The fraction of sp³-hybridized carbons (Fsp3) is 0.259. The SMILES string of the molecule is CN1C(=O)CCC1c1cc2[nH]c(-c3ccc(CCC(=O)O)cn3)cc2cc1Oc1ccc(S(C)(=O)=O)nc1. The van der Waals surface area contributed by atoms with Crippen LogP contribution in [0.4, 0.5) is 0 Å². The van der Waals surface area contributed by atoms with Crippen LogP contribution in [0.1, 0.15) is 36.4 Å². The zero-order valence-corrected chi connectivity index (χ0v) is 21.7. The minimum atomic E-state index is -3.44. The third kappa shape index (κ3) is 5.23. The van der Waals surface area contributed by atoms with Crippen molar-refractivity contribution in [2.45, 2.75) is 36.8 Å². The molecule has 0 aliphatic carbocycles. The summed E-state index contributed by atoms with van der Waals surface area (Å²) in [5.74, 6) is 0.120. The van der Waals surface area contributed by atoms with Crippen molar-refractivity contribution in [3.8, 4) is 22.9 Å². The quantitative estimate of drug-likeness (QED) is 0.344. The molecule has 1 fully saturated rings. The molecule has 0 radical (unpaired) electrons. The number of amides is 1. The molecule has 1 aromatic carbocycles. The number of likely N-dealkylation sites (tertiary alicyclic amines) is 1. The second kappa shape index (κ2) is 9.90. The molecule has 4 heterocycles. The van der Waals surface area contributed by atoms with Crippen molar-refractivity contribution in [3.63, 3.8) is 0 Å². The fourth-order valence-corrected chi connectivity index (χ4v) is 5.15. The zero-order chi connectivity index (χ0) is 27.0. The van der Waals surface area contributed by atoms with Crippen LogP contribution in [0.3, 0.4) is 0 Å². The summed E-state index contributed by atoms with van der Waals surface area (Å²) in [6.45, 7) is 0. The monoisotopic (exact) mass is 534 g/mol.